The van der Waals surface area contributed by atoms with Crippen LogP contribution in [0.25, 0.3) is 0 Å². The summed E-state index contributed by atoms with van der Waals surface area (Å²) in [5, 5.41) is 0. The Balaban J connectivity index is -0.0000000243. The van der Waals surface area contributed by atoms with E-state index in [4.69, 9.17) is 2.81 Å². The Morgan fingerprint density at radius 3 is 0.500 bits per heavy atom. The molecule has 0 aliphatic heterocycles. The van der Waals surface area contributed by atoms with Gasteiger partial charge in [0, 0.05) is 0 Å². The van der Waals surface area contributed by atoms with Crippen LogP contribution in [-0.2, 0) is 27.5 Å². The van der Waals surface area contributed by atoms with Gasteiger partial charge in [-0.25, -0.2) is 0 Å². The Labute approximate surface area is 108 Å². The molecule has 0 saturated heterocycles. The molecule has 0 N–H and O–H groups in total. The van der Waals surface area contributed by atoms with Crippen LogP contribution in [0.3, 0.4) is 0 Å². The van der Waals surface area contributed by atoms with Gasteiger partial charge in [0.25, 0.3) is 0 Å². The summed E-state index contributed by atoms with van der Waals surface area (Å²) < 4.78 is 8.34. The molecule has 0 aliphatic carbocycles. The fourth-order valence-electron chi connectivity index (χ4n) is 0. The van der Waals surface area contributed by atoms with Crippen molar-refractivity contribution in [1.29, 1.82) is 0 Å². The van der Waals surface area contributed by atoms with Gasteiger partial charge in [-0.3, -0.25) is 0 Å². The van der Waals surface area contributed by atoms with Crippen molar-refractivity contribution in [3.05, 3.63) is 25.7 Å². The number of hydrogen-bond acceptors (Lipinski definition) is 1. The number of hydrogen-bond donors (Lipinski definition) is 0. The van der Waals surface area contributed by atoms with E-state index in [1.54, 1.807) is 0 Å². The Hall–Kier alpha value is 0.683. The van der Waals surface area contributed by atoms with Gasteiger partial charge in [-0.2, -0.15) is 55.4 Å². The fraction of sp³-hybridized carbons (Fsp3) is 0.667. The summed E-state index contributed by atoms with van der Waals surface area (Å²) in [6, 6.07) is 0. The topological polar surface area (TPSA) is 17.1 Å². The maximum atomic E-state index is 8.34. The van der Waals surface area contributed by atoms with Crippen molar-refractivity contribution >= 4 is 0 Å². The van der Waals surface area contributed by atoms with E-state index in [9.17, 15) is 0 Å². The molecule has 0 rings (SSSR count). The van der Waals surface area contributed by atoms with Crippen molar-refractivity contribution in [1.82, 2.24) is 0 Å². The molecular formula is C12H28OZr-4. The Morgan fingerprint density at radius 1 is 0.500 bits per heavy atom. The summed E-state index contributed by atoms with van der Waals surface area (Å²) in [4.78, 5) is 0. The van der Waals surface area contributed by atoms with E-state index in [1.165, 1.54) is 0 Å². The van der Waals surface area contributed by atoms with Crippen LogP contribution in [-0.4, -0.2) is 0 Å². The molecule has 0 amide bonds. The van der Waals surface area contributed by atoms with E-state index < -0.39 is 0 Å². The molecule has 90 valence electrons. The van der Waals surface area contributed by atoms with Gasteiger partial charge in [-0.15, -0.1) is 0 Å². The van der Waals surface area contributed by atoms with Crippen molar-refractivity contribution in [2.75, 3.05) is 0 Å². The quantitative estimate of drug-likeness (QED) is 0.582. The molecule has 2 heteroatoms. The molecule has 1 nitrogen and oxygen atoms in total. The van der Waals surface area contributed by atoms with Gasteiger partial charge >= 0.3 is 27.5 Å². The maximum absolute atomic E-state index is 8.34. The summed E-state index contributed by atoms with van der Waals surface area (Å²) in [6.45, 7) is 16.0. The molecule has 0 saturated carbocycles. The molecule has 0 spiro atoms. The van der Waals surface area contributed by atoms with Crippen molar-refractivity contribution in [2.24, 2.45) is 0 Å². The first-order valence-electron chi connectivity index (χ1n) is 4.82. The second-order valence-electron chi connectivity index (χ2n) is 2.31. The average Bonchev–Trinajstić information content (AvgIpc) is 2.12. The Kier molecular flexibility index (Phi) is 210. The van der Waals surface area contributed by atoms with Gasteiger partial charge in [0.2, 0.25) is 0 Å². The van der Waals surface area contributed by atoms with Crippen molar-refractivity contribution in [3.8, 4) is 0 Å². The minimum atomic E-state index is 0.300. The predicted octanol–water partition coefficient (Wildman–Crippen LogP) is 4.80. The summed E-state index contributed by atoms with van der Waals surface area (Å²) in [6.07, 6.45) is 8.00. The van der Waals surface area contributed by atoms with Gasteiger partial charge < -0.3 is 25.7 Å². The van der Waals surface area contributed by atoms with Gasteiger partial charge in [-0.1, -0.05) is 0 Å². The second-order valence-corrected chi connectivity index (χ2v) is 2.31. The minimum absolute atomic E-state index is 0.300. The second kappa shape index (κ2) is 100. The third-order valence-electron chi connectivity index (χ3n) is 0. The molecule has 0 radical (unpaired) electrons. The first-order chi connectivity index (χ1) is 6.66. The van der Waals surface area contributed by atoms with Crippen LogP contribution in [0.4, 0.5) is 0 Å². The normalized spacial score (nSPS) is 5.36. The summed E-state index contributed by atoms with van der Waals surface area (Å²) in [5.41, 5.74) is 0. The third-order valence-corrected chi connectivity index (χ3v) is 0. The number of rotatable bonds is 0. The van der Waals surface area contributed by atoms with E-state index >= 15 is 0 Å². The monoisotopic (exact) mass is 278 g/mol. The van der Waals surface area contributed by atoms with Crippen molar-refractivity contribution in [3.63, 3.8) is 0 Å². The van der Waals surface area contributed by atoms with E-state index in [0.29, 0.717) is 24.7 Å². The molecule has 14 heavy (non-hydrogen) atoms. The van der Waals surface area contributed by atoms with Crippen molar-refractivity contribution < 1.29 is 27.5 Å². The molecule has 0 bridgehead atoms. The zero-order chi connectivity index (χ0) is 12.8. The first-order valence-corrected chi connectivity index (χ1v) is 5.83. The van der Waals surface area contributed by atoms with E-state index in [0.717, 1.165) is 0 Å². The van der Waals surface area contributed by atoms with Crippen LogP contribution >= 0.6 is 0 Å². The van der Waals surface area contributed by atoms with E-state index in [-0.39, 0.29) is 0 Å². The molecule has 0 aliphatic rings. The third kappa shape index (κ3) is 3710. The first kappa shape index (κ1) is 29.3. The van der Waals surface area contributed by atoms with E-state index in [1.807, 2.05) is 81.1 Å². The van der Waals surface area contributed by atoms with Crippen LogP contribution in [0.5, 0.6) is 0 Å². The Bertz CT molecular complexity index is 25.5. The van der Waals surface area contributed by atoms with Crippen LogP contribution in [0, 0.1) is 25.7 Å². The fourth-order valence-corrected chi connectivity index (χ4v) is 0. The molecule has 0 aromatic heterocycles. The van der Waals surface area contributed by atoms with Crippen LogP contribution in [0.15, 0.2) is 0 Å². The predicted molar refractivity (Wildman–Crippen MR) is 63.3 cm³/mol. The zero-order valence-electron chi connectivity index (χ0n) is 11.2. The van der Waals surface area contributed by atoms with Crippen LogP contribution in [0.2, 0.25) is 0 Å². The SMILES string of the molecule is C[CH-]C.C[CH-]C.C[CH-]C.C[CH-]C.[O]=[Zr]. The molecule has 0 aromatic rings. The molecule has 0 atom stereocenters. The molecule has 0 unspecified atom stereocenters. The summed E-state index contributed by atoms with van der Waals surface area (Å²) in [5.74, 6) is 0. The van der Waals surface area contributed by atoms with Gasteiger partial charge in [0.1, 0.15) is 0 Å². The summed E-state index contributed by atoms with van der Waals surface area (Å²) in [7, 11) is 0. The van der Waals surface area contributed by atoms with Gasteiger partial charge in [0.15, 0.2) is 0 Å². The molecule has 0 fully saturated rings. The van der Waals surface area contributed by atoms with Crippen LogP contribution < -0.4 is 0 Å². The molecular weight excluding hydrogens is 251 g/mol. The van der Waals surface area contributed by atoms with E-state index in [2.05, 4.69) is 0 Å². The van der Waals surface area contributed by atoms with Crippen molar-refractivity contribution in [2.45, 2.75) is 55.4 Å². The zero-order valence-corrected chi connectivity index (χ0v) is 13.7. The molecule has 0 aromatic carbocycles. The van der Waals surface area contributed by atoms with Crippen LogP contribution in [0.1, 0.15) is 55.4 Å². The molecule has 0 heterocycles. The summed E-state index contributed by atoms with van der Waals surface area (Å²) >= 11 is 0.300. The average molecular weight is 280 g/mol. The van der Waals surface area contributed by atoms with Gasteiger partial charge in [-0.05, 0) is 0 Å². The Morgan fingerprint density at radius 2 is 0.500 bits per heavy atom. The standard InChI is InChI=1S/4C3H7.O.Zr/c4*1-3-2;;/h4*3H,1-2H3;;/q4*-1;;. The van der Waals surface area contributed by atoms with Gasteiger partial charge in [0.05, 0.1) is 0 Å².